The molecule has 0 amide bonds. The van der Waals surface area contributed by atoms with E-state index in [2.05, 4.69) is 27.0 Å². The van der Waals surface area contributed by atoms with Crippen molar-refractivity contribution >= 4 is 0 Å². The van der Waals surface area contributed by atoms with Crippen molar-refractivity contribution in [3.05, 3.63) is 24.7 Å². The van der Waals surface area contributed by atoms with Crippen molar-refractivity contribution in [1.29, 1.82) is 0 Å². The molecule has 0 fully saturated rings. The van der Waals surface area contributed by atoms with Gasteiger partial charge in [-0.1, -0.05) is 322 Å². The molecule has 0 rings (SSSR count). The molecule has 1 heteroatoms. The molecule has 0 saturated heterocycles. The summed E-state index contributed by atoms with van der Waals surface area (Å²) in [5.74, 6) is 1.87. The average molecular weight is 799 g/mol. The van der Waals surface area contributed by atoms with E-state index in [0.717, 1.165) is 24.4 Å². The summed E-state index contributed by atoms with van der Waals surface area (Å²) >= 11 is 0. The zero-order valence-corrected chi connectivity index (χ0v) is 40.2. The van der Waals surface area contributed by atoms with Crippen LogP contribution in [0, 0.1) is 0 Å². The lowest BCUT2D eigenvalue weighted by Crippen LogP contribution is -1.93. The molecule has 0 unspecified atom stereocenters. The number of allylic oxidation sites excluding steroid dienone is 2. The van der Waals surface area contributed by atoms with E-state index in [0.29, 0.717) is 0 Å². The van der Waals surface area contributed by atoms with Gasteiger partial charge in [0.05, 0.1) is 11.5 Å². The zero-order chi connectivity index (χ0) is 41.2. The molecule has 0 radical (unpaired) electrons. The molecular weight excluding hydrogens is 689 g/mol. The van der Waals surface area contributed by atoms with E-state index in [1.54, 1.807) is 0 Å². The lowest BCUT2D eigenvalue weighted by Gasteiger charge is -2.11. The normalized spacial score (nSPS) is 11.5. The molecule has 0 spiro atoms. The van der Waals surface area contributed by atoms with E-state index >= 15 is 0 Å². The molecule has 0 aromatic carbocycles. The SMILES string of the molecule is C=C(CCCCCCCCCCCCCCCCCCCCCCCCCC)OC(=C)CCCCCCCCCCCCCCCCCCCCCCCCCC. The van der Waals surface area contributed by atoms with Gasteiger partial charge in [-0.3, -0.25) is 0 Å². The first kappa shape index (κ1) is 56.3. The molecule has 0 bridgehead atoms. The Balaban J connectivity index is 3.23. The number of hydrogen-bond acceptors (Lipinski definition) is 1. The summed E-state index contributed by atoms with van der Waals surface area (Å²) in [6, 6.07) is 0. The van der Waals surface area contributed by atoms with Crippen LogP contribution in [0.25, 0.3) is 0 Å². The minimum atomic E-state index is 0.933. The van der Waals surface area contributed by atoms with E-state index in [4.69, 9.17) is 4.74 Å². The smallest absolute Gasteiger partial charge is 0.0964 e. The first-order valence-corrected chi connectivity index (χ1v) is 27.2. The van der Waals surface area contributed by atoms with Crippen LogP contribution < -0.4 is 0 Å². The fourth-order valence-corrected chi connectivity index (χ4v) is 8.88. The highest BCUT2D eigenvalue weighted by molar-refractivity contribution is 4.93. The van der Waals surface area contributed by atoms with E-state index < -0.39 is 0 Å². The van der Waals surface area contributed by atoms with E-state index in [-0.39, 0.29) is 0 Å². The zero-order valence-electron chi connectivity index (χ0n) is 40.2. The molecule has 57 heavy (non-hydrogen) atoms. The third-order valence-corrected chi connectivity index (χ3v) is 12.9. The molecule has 0 aliphatic rings. The van der Waals surface area contributed by atoms with Crippen LogP contribution in [0.15, 0.2) is 24.7 Å². The largest absolute Gasteiger partial charge is 0.467 e. The standard InChI is InChI=1S/C56H110O/c1-5-7-9-11-13-15-17-19-21-23-25-27-29-31-33-35-37-39-41-43-45-47-49-51-53-55(3)57-56(4)54-52-50-48-46-44-42-40-38-36-34-32-30-28-26-24-22-20-18-16-14-12-10-8-6-2/h3-54H2,1-2H3. The molecule has 0 atom stereocenters. The fourth-order valence-electron chi connectivity index (χ4n) is 8.88. The van der Waals surface area contributed by atoms with Crippen LogP contribution in [0.2, 0.25) is 0 Å². The van der Waals surface area contributed by atoms with Gasteiger partial charge in [0.2, 0.25) is 0 Å². The van der Waals surface area contributed by atoms with Gasteiger partial charge in [-0.05, 0) is 12.8 Å². The number of rotatable bonds is 52. The topological polar surface area (TPSA) is 9.23 Å². The Labute approximate surface area is 363 Å². The van der Waals surface area contributed by atoms with Crippen LogP contribution in [-0.4, -0.2) is 0 Å². The number of unbranched alkanes of at least 4 members (excludes halogenated alkanes) is 46. The van der Waals surface area contributed by atoms with Crippen molar-refractivity contribution in [3.63, 3.8) is 0 Å². The fraction of sp³-hybridized carbons (Fsp3) is 0.929. The molecule has 0 aliphatic carbocycles. The second-order valence-electron chi connectivity index (χ2n) is 18.9. The van der Waals surface area contributed by atoms with Gasteiger partial charge in [-0.25, -0.2) is 0 Å². The highest BCUT2D eigenvalue weighted by atomic mass is 16.5. The third kappa shape index (κ3) is 51.4. The lowest BCUT2D eigenvalue weighted by atomic mass is 10.0. The van der Waals surface area contributed by atoms with E-state index in [1.165, 1.54) is 308 Å². The monoisotopic (exact) mass is 799 g/mol. The van der Waals surface area contributed by atoms with Crippen LogP contribution in [0.5, 0.6) is 0 Å². The summed E-state index contributed by atoms with van der Waals surface area (Å²) < 4.78 is 5.97. The molecule has 0 N–H and O–H groups in total. The Kier molecular flexibility index (Phi) is 50.8. The molecule has 0 heterocycles. The van der Waals surface area contributed by atoms with Gasteiger partial charge in [0.1, 0.15) is 0 Å². The maximum absolute atomic E-state index is 5.97. The second kappa shape index (κ2) is 51.4. The van der Waals surface area contributed by atoms with Crippen LogP contribution in [0.1, 0.15) is 335 Å². The summed E-state index contributed by atoms with van der Waals surface area (Å²) in [5.41, 5.74) is 0. The Morgan fingerprint density at radius 2 is 0.333 bits per heavy atom. The van der Waals surface area contributed by atoms with Crippen molar-refractivity contribution in [2.45, 2.75) is 335 Å². The highest BCUT2D eigenvalue weighted by Gasteiger charge is 2.02. The van der Waals surface area contributed by atoms with E-state index in [9.17, 15) is 0 Å². The van der Waals surface area contributed by atoms with Crippen molar-refractivity contribution in [1.82, 2.24) is 0 Å². The summed E-state index contributed by atoms with van der Waals surface area (Å²) in [4.78, 5) is 0. The van der Waals surface area contributed by atoms with Crippen molar-refractivity contribution < 1.29 is 4.74 Å². The number of hydrogen-bond donors (Lipinski definition) is 0. The molecule has 0 aliphatic heterocycles. The Hall–Kier alpha value is -0.720. The van der Waals surface area contributed by atoms with Crippen LogP contribution in [0.3, 0.4) is 0 Å². The quantitative estimate of drug-likeness (QED) is 0.0440. The third-order valence-electron chi connectivity index (χ3n) is 12.9. The predicted molar refractivity (Wildman–Crippen MR) is 262 cm³/mol. The maximum Gasteiger partial charge on any atom is 0.0964 e. The van der Waals surface area contributed by atoms with Gasteiger partial charge < -0.3 is 4.74 Å². The van der Waals surface area contributed by atoms with Crippen molar-refractivity contribution in [2.24, 2.45) is 0 Å². The molecular formula is C56H110O. The van der Waals surface area contributed by atoms with Gasteiger partial charge in [0, 0.05) is 12.8 Å². The first-order chi connectivity index (χ1) is 28.2. The predicted octanol–water partition coefficient (Wildman–Crippen LogP) is 21.6. The lowest BCUT2D eigenvalue weighted by molar-refractivity contribution is 0.274. The van der Waals surface area contributed by atoms with Gasteiger partial charge in [-0.2, -0.15) is 0 Å². The molecule has 340 valence electrons. The molecule has 1 nitrogen and oxygen atoms in total. The van der Waals surface area contributed by atoms with Crippen LogP contribution in [0.4, 0.5) is 0 Å². The molecule has 0 aromatic heterocycles. The molecule has 0 saturated carbocycles. The summed E-state index contributed by atoms with van der Waals surface area (Å²) in [5, 5.41) is 0. The van der Waals surface area contributed by atoms with Crippen molar-refractivity contribution in [3.8, 4) is 0 Å². The van der Waals surface area contributed by atoms with Gasteiger partial charge in [0.25, 0.3) is 0 Å². The summed E-state index contributed by atoms with van der Waals surface area (Å²) in [7, 11) is 0. The molecule has 0 aromatic rings. The number of ether oxygens (including phenoxy) is 1. The van der Waals surface area contributed by atoms with Crippen LogP contribution >= 0.6 is 0 Å². The highest BCUT2D eigenvalue weighted by Crippen LogP contribution is 2.20. The van der Waals surface area contributed by atoms with Crippen LogP contribution in [-0.2, 0) is 4.74 Å². The Morgan fingerprint density at radius 1 is 0.211 bits per heavy atom. The minimum absolute atomic E-state index is 0.933. The maximum atomic E-state index is 5.97. The van der Waals surface area contributed by atoms with Gasteiger partial charge >= 0.3 is 0 Å². The Bertz CT molecular complexity index is 690. The Morgan fingerprint density at radius 3 is 0.474 bits per heavy atom. The van der Waals surface area contributed by atoms with E-state index in [1.807, 2.05) is 0 Å². The van der Waals surface area contributed by atoms with Crippen molar-refractivity contribution in [2.75, 3.05) is 0 Å². The van der Waals surface area contributed by atoms with Gasteiger partial charge in [-0.15, -0.1) is 0 Å². The second-order valence-corrected chi connectivity index (χ2v) is 18.9. The van der Waals surface area contributed by atoms with Gasteiger partial charge in [0.15, 0.2) is 0 Å². The first-order valence-electron chi connectivity index (χ1n) is 27.2. The summed E-state index contributed by atoms with van der Waals surface area (Å²) in [6.07, 6.45) is 71.0. The summed E-state index contributed by atoms with van der Waals surface area (Å²) in [6.45, 7) is 13.0. The average Bonchev–Trinajstić information content (AvgIpc) is 3.21. The minimum Gasteiger partial charge on any atom is -0.467 e.